The average Bonchev–Trinajstić information content (AvgIpc) is 3.15. The van der Waals surface area contributed by atoms with Crippen LogP contribution >= 0.6 is 0 Å². The topological polar surface area (TPSA) is 63.0 Å². The Labute approximate surface area is 124 Å². The van der Waals surface area contributed by atoms with Crippen molar-refractivity contribution in [2.75, 3.05) is 33.7 Å². The Bertz CT molecular complexity index is 540. The molecule has 1 fully saturated rings. The first kappa shape index (κ1) is 14.1. The maximum atomic E-state index is 4.34. The maximum Gasteiger partial charge on any atom is 0.0830 e. The van der Waals surface area contributed by atoms with Crippen molar-refractivity contribution in [1.29, 1.82) is 0 Å². The molecular weight excluding hydrogens is 266 g/mol. The van der Waals surface area contributed by atoms with Crippen LogP contribution in [0.2, 0.25) is 0 Å². The van der Waals surface area contributed by atoms with Crippen molar-refractivity contribution in [3.05, 3.63) is 36.7 Å². The van der Waals surface area contributed by atoms with E-state index in [0.29, 0.717) is 12.1 Å². The van der Waals surface area contributed by atoms with Crippen LogP contribution in [0.25, 0.3) is 0 Å². The summed E-state index contributed by atoms with van der Waals surface area (Å²) in [6.45, 7) is 3.03. The molecule has 21 heavy (non-hydrogen) atoms. The Kier molecular flexibility index (Phi) is 4.21. The summed E-state index contributed by atoms with van der Waals surface area (Å²) in [6.07, 6.45) is 9.93. The monoisotopic (exact) mass is 287 g/mol. The molecule has 0 amide bonds. The van der Waals surface area contributed by atoms with Crippen LogP contribution in [-0.2, 0) is 6.42 Å². The molecule has 1 aliphatic heterocycles. The SMILES string of the molecule is CN(C)[C@@H]1CN(CCc2cnccn2)C[C@@H]1n1ccnn1. The van der Waals surface area contributed by atoms with E-state index in [2.05, 4.69) is 44.2 Å². The summed E-state index contributed by atoms with van der Waals surface area (Å²) in [5, 5.41) is 8.11. The molecule has 0 aliphatic carbocycles. The molecule has 0 radical (unpaired) electrons. The predicted octanol–water partition coefficient (Wildman–Crippen LogP) is 0.0977. The van der Waals surface area contributed by atoms with Crippen molar-refractivity contribution in [2.45, 2.75) is 18.5 Å². The highest BCUT2D eigenvalue weighted by molar-refractivity contribution is 4.98. The minimum Gasteiger partial charge on any atom is -0.303 e. The molecule has 3 rings (SSSR count). The molecule has 2 atom stereocenters. The highest BCUT2D eigenvalue weighted by atomic mass is 15.5. The van der Waals surface area contributed by atoms with Gasteiger partial charge in [0.25, 0.3) is 0 Å². The third kappa shape index (κ3) is 3.25. The second-order valence-electron chi connectivity index (χ2n) is 5.69. The van der Waals surface area contributed by atoms with E-state index in [-0.39, 0.29) is 0 Å². The lowest BCUT2D eigenvalue weighted by atomic mass is 10.1. The van der Waals surface area contributed by atoms with E-state index >= 15 is 0 Å². The molecule has 0 unspecified atom stereocenters. The summed E-state index contributed by atoms with van der Waals surface area (Å²) in [5.74, 6) is 0. The lowest BCUT2D eigenvalue weighted by Gasteiger charge is -2.24. The van der Waals surface area contributed by atoms with Gasteiger partial charge in [0.2, 0.25) is 0 Å². The first-order valence-corrected chi connectivity index (χ1v) is 7.23. The number of nitrogens with zero attached hydrogens (tertiary/aromatic N) is 7. The average molecular weight is 287 g/mol. The highest BCUT2D eigenvalue weighted by Crippen LogP contribution is 2.24. The Morgan fingerprint density at radius 3 is 2.81 bits per heavy atom. The highest BCUT2D eigenvalue weighted by Gasteiger charge is 2.35. The predicted molar refractivity (Wildman–Crippen MR) is 78.7 cm³/mol. The molecule has 0 N–H and O–H groups in total. The van der Waals surface area contributed by atoms with E-state index in [1.54, 1.807) is 18.6 Å². The van der Waals surface area contributed by atoms with E-state index in [0.717, 1.165) is 31.7 Å². The third-order valence-corrected chi connectivity index (χ3v) is 4.08. The Balaban J connectivity index is 1.63. The Hall–Kier alpha value is -1.86. The first-order chi connectivity index (χ1) is 10.2. The van der Waals surface area contributed by atoms with Crippen LogP contribution in [0.4, 0.5) is 0 Å². The normalized spacial score (nSPS) is 23.0. The van der Waals surface area contributed by atoms with Crippen molar-refractivity contribution < 1.29 is 0 Å². The lowest BCUT2D eigenvalue weighted by molar-refractivity contribution is 0.238. The fraction of sp³-hybridized carbons (Fsp3) is 0.571. The molecule has 7 heteroatoms. The maximum absolute atomic E-state index is 4.34. The van der Waals surface area contributed by atoms with Crippen LogP contribution in [0.3, 0.4) is 0 Å². The van der Waals surface area contributed by atoms with E-state index in [1.165, 1.54) is 0 Å². The second-order valence-corrected chi connectivity index (χ2v) is 5.69. The van der Waals surface area contributed by atoms with Gasteiger partial charge in [-0.25, -0.2) is 4.68 Å². The minimum absolute atomic E-state index is 0.351. The van der Waals surface area contributed by atoms with Gasteiger partial charge in [0.1, 0.15) is 0 Å². The molecule has 0 spiro atoms. The minimum atomic E-state index is 0.351. The van der Waals surface area contributed by atoms with Crippen molar-refractivity contribution in [3.63, 3.8) is 0 Å². The molecule has 0 saturated carbocycles. The molecule has 0 aromatic carbocycles. The lowest BCUT2D eigenvalue weighted by Crippen LogP contribution is -2.36. The summed E-state index contributed by atoms with van der Waals surface area (Å²) in [7, 11) is 4.25. The molecule has 0 bridgehead atoms. The first-order valence-electron chi connectivity index (χ1n) is 7.23. The van der Waals surface area contributed by atoms with Gasteiger partial charge < -0.3 is 4.90 Å². The van der Waals surface area contributed by atoms with Gasteiger partial charge in [-0.3, -0.25) is 14.9 Å². The van der Waals surface area contributed by atoms with Crippen LogP contribution < -0.4 is 0 Å². The zero-order chi connectivity index (χ0) is 14.7. The number of aromatic nitrogens is 5. The van der Waals surface area contributed by atoms with Crippen molar-refractivity contribution in [2.24, 2.45) is 0 Å². The fourth-order valence-electron chi connectivity index (χ4n) is 2.92. The number of likely N-dealkylation sites (tertiary alicyclic amines) is 1. The summed E-state index contributed by atoms with van der Waals surface area (Å²) < 4.78 is 1.98. The van der Waals surface area contributed by atoms with Crippen LogP contribution in [0.15, 0.2) is 31.0 Å². The largest absolute Gasteiger partial charge is 0.303 e. The fourth-order valence-corrected chi connectivity index (χ4v) is 2.92. The molecule has 3 heterocycles. The number of rotatable bonds is 5. The van der Waals surface area contributed by atoms with Crippen LogP contribution in [0.1, 0.15) is 11.7 Å². The standard InChI is InChI=1S/C14H21N7/c1-19(2)13-10-20(7-3-12-9-15-4-5-16-12)11-14(13)21-8-6-17-18-21/h4-6,8-9,13-14H,3,7,10-11H2,1-2H3/t13-,14+/m1/s1. The van der Waals surface area contributed by atoms with Crippen molar-refractivity contribution in [3.8, 4) is 0 Å². The quantitative estimate of drug-likeness (QED) is 0.777. The van der Waals surface area contributed by atoms with Gasteiger partial charge in [-0.1, -0.05) is 5.21 Å². The molecule has 1 saturated heterocycles. The molecule has 1 aliphatic rings. The van der Waals surface area contributed by atoms with Crippen LogP contribution in [0.5, 0.6) is 0 Å². The van der Waals surface area contributed by atoms with Gasteiger partial charge in [0.05, 0.1) is 17.9 Å². The Morgan fingerprint density at radius 2 is 2.14 bits per heavy atom. The molecule has 2 aromatic rings. The van der Waals surface area contributed by atoms with Crippen molar-refractivity contribution >= 4 is 0 Å². The van der Waals surface area contributed by atoms with Crippen LogP contribution in [-0.4, -0.2) is 74.5 Å². The smallest absolute Gasteiger partial charge is 0.0830 e. The van der Waals surface area contributed by atoms with Gasteiger partial charge in [-0.15, -0.1) is 5.10 Å². The third-order valence-electron chi connectivity index (χ3n) is 4.08. The summed E-state index contributed by atoms with van der Waals surface area (Å²) in [4.78, 5) is 13.2. The van der Waals surface area contributed by atoms with E-state index < -0.39 is 0 Å². The number of hydrogen-bond acceptors (Lipinski definition) is 6. The molecular formula is C14H21N7. The zero-order valence-electron chi connectivity index (χ0n) is 12.5. The van der Waals surface area contributed by atoms with Crippen molar-refractivity contribution in [1.82, 2.24) is 34.8 Å². The number of likely N-dealkylation sites (N-methyl/N-ethyl adjacent to an activating group) is 1. The summed E-state index contributed by atoms with van der Waals surface area (Å²) >= 11 is 0. The van der Waals surface area contributed by atoms with Gasteiger partial charge >= 0.3 is 0 Å². The zero-order valence-corrected chi connectivity index (χ0v) is 12.5. The van der Waals surface area contributed by atoms with Gasteiger partial charge in [0, 0.05) is 56.9 Å². The molecule has 7 nitrogen and oxygen atoms in total. The van der Waals surface area contributed by atoms with Gasteiger partial charge in [0.15, 0.2) is 0 Å². The number of hydrogen-bond donors (Lipinski definition) is 0. The van der Waals surface area contributed by atoms with Gasteiger partial charge in [-0.05, 0) is 14.1 Å². The summed E-state index contributed by atoms with van der Waals surface area (Å²) in [6, 6.07) is 0.804. The second kappa shape index (κ2) is 6.28. The van der Waals surface area contributed by atoms with E-state index in [9.17, 15) is 0 Å². The molecule has 112 valence electrons. The summed E-state index contributed by atoms with van der Waals surface area (Å²) in [5.41, 5.74) is 1.04. The Morgan fingerprint density at radius 1 is 1.24 bits per heavy atom. The van der Waals surface area contributed by atoms with E-state index in [4.69, 9.17) is 0 Å². The molecule has 2 aromatic heterocycles. The van der Waals surface area contributed by atoms with Crippen LogP contribution in [0, 0.1) is 0 Å². The van der Waals surface area contributed by atoms with E-state index in [1.807, 2.05) is 17.1 Å². The van der Waals surface area contributed by atoms with Gasteiger partial charge in [-0.2, -0.15) is 0 Å².